The average Bonchev–Trinajstić information content (AvgIpc) is 2.22. The van der Waals surface area contributed by atoms with Gasteiger partial charge in [-0.25, -0.2) is 0 Å². The maximum absolute atomic E-state index is 12.9. The molecule has 0 saturated heterocycles. The lowest BCUT2D eigenvalue weighted by Crippen LogP contribution is -2.50. The largest absolute Gasteiger partial charge is 0.460 e. The summed E-state index contributed by atoms with van der Waals surface area (Å²) in [4.78, 5) is 0. The van der Waals surface area contributed by atoms with E-state index in [0.29, 0.717) is 19.3 Å². The minimum absolute atomic E-state index is 0.0376. The van der Waals surface area contributed by atoms with E-state index in [0.717, 1.165) is 0 Å². The number of halogens is 8. The third-order valence-electron chi connectivity index (χ3n) is 2.19. The van der Waals surface area contributed by atoms with Gasteiger partial charge in [-0.15, -0.1) is 0 Å². The summed E-state index contributed by atoms with van der Waals surface area (Å²) < 4.78 is 86.2. The van der Waals surface area contributed by atoms with Gasteiger partial charge in [-0.2, -0.15) is 30.7 Å². The summed E-state index contributed by atoms with van der Waals surface area (Å²) in [5, 5.41) is 8.45. The van der Waals surface area contributed by atoms with Crippen molar-refractivity contribution in [2.45, 2.75) is 43.7 Å². The summed E-state index contributed by atoms with van der Waals surface area (Å²) in [6.45, 7) is -0.0946. The van der Waals surface area contributed by atoms with Gasteiger partial charge in [0.05, 0.1) is 0 Å². The third kappa shape index (κ3) is 5.44. The van der Waals surface area contributed by atoms with E-state index < -0.39 is 18.0 Å². The molecule has 19 heavy (non-hydrogen) atoms. The Bertz CT molecular complexity index is 311. The van der Waals surface area contributed by atoms with Gasteiger partial charge in [0.15, 0.2) is 0 Å². The molecule has 0 aromatic carbocycles. The number of unbranched alkanes of at least 4 members (excludes halogenated alkanes) is 2. The number of hydrogen-bond acceptors (Lipinski definition) is 1. The third-order valence-corrected chi connectivity index (χ3v) is 3.04. The van der Waals surface area contributed by atoms with Gasteiger partial charge < -0.3 is 5.11 Å². The Morgan fingerprint density at radius 2 is 1.47 bits per heavy atom. The van der Waals surface area contributed by atoms with Gasteiger partial charge in [-0.1, -0.05) is 6.42 Å². The second kappa shape index (κ2) is 7.09. The normalized spacial score (nSPS) is 14.9. The van der Waals surface area contributed by atoms with Crippen molar-refractivity contribution in [3.8, 4) is 0 Å². The molecule has 1 N–H and O–H groups in total. The number of allylic oxidation sites excluding steroid dienone is 2. The van der Waals surface area contributed by atoms with Crippen LogP contribution in [-0.4, -0.2) is 29.7 Å². The Morgan fingerprint density at radius 3 is 1.89 bits per heavy atom. The predicted molar refractivity (Wildman–Crippen MR) is 63.6 cm³/mol. The van der Waals surface area contributed by atoms with Gasteiger partial charge >= 0.3 is 18.0 Å². The zero-order valence-corrected chi connectivity index (χ0v) is 11.7. The fourth-order valence-electron chi connectivity index (χ4n) is 1.13. The molecular formula is C10H12F7IO. The van der Waals surface area contributed by atoms with Crippen molar-refractivity contribution < 1.29 is 35.8 Å². The Balaban J connectivity index is 4.73. The summed E-state index contributed by atoms with van der Waals surface area (Å²) in [5.74, 6) is -11.4. The smallest absolute Gasteiger partial charge is 0.396 e. The zero-order chi connectivity index (χ0) is 15.3. The van der Waals surface area contributed by atoms with E-state index in [1.807, 2.05) is 0 Å². The minimum atomic E-state index is -6.30. The SMILES string of the molecule is OCCCCCC(I)=CC(F)(F)C(F)(F)C(F)(F)F. The summed E-state index contributed by atoms with van der Waals surface area (Å²) in [7, 11) is 0. The standard InChI is InChI=1S/C10H12F7IO/c11-8(12,9(13,14)10(15,16)17)6-7(18)4-2-1-3-5-19/h6,19H,1-5H2. The van der Waals surface area contributed by atoms with Crippen LogP contribution in [0.4, 0.5) is 30.7 Å². The lowest BCUT2D eigenvalue weighted by atomic mass is 10.1. The maximum atomic E-state index is 12.9. The highest BCUT2D eigenvalue weighted by Gasteiger charge is 2.72. The summed E-state index contributed by atoms with van der Waals surface area (Å²) in [6.07, 6.45) is -5.48. The summed E-state index contributed by atoms with van der Waals surface area (Å²) in [5.41, 5.74) is 0. The first-order chi connectivity index (χ1) is 8.45. The molecule has 0 aliphatic rings. The molecule has 0 aliphatic carbocycles. The highest BCUT2D eigenvalue weighted by molar-refractivity contribution is 14.1. The van der Waals surface area contributed by atoms with Crippen LogP contribution in [0.25, 0.3) is 0 Å². The molecule has 0 saturated carbocycles. The van der Waals surface area contributed by atoms with Gasteiger partial charge in [0.25, 0.3) is 0 Å². The molecule has 0 radical (unpaired) electrons. The number of hydrogen-bond donors (Lipinski definition) is 1. The van der Waals surface area contributed by atoms with E-state index >= 15 is 0 Å². The molecule has 0 bridgehead atoms. The molecule has 114 valence electrons. The number of aliphatic hydroxyl groups is 1. The highest BCUT2D eigenvalue weighted by atomic mass is 127. The van der Waals surface area contributed by atoms with E-state index in [-0.39, 0.29) is 22.7 Å². The predicted octanol–water partition coefficient (Wildman–Crippen LogP) is 4.69. The molecule has 0 aromatic heterocycles. The van der Waals surface area contributed by atoms with Gasteiger partial charge in [0, 0.05) is 12.7 Å². The van der Waals surface area contributed by atoms with Crippen molar-refractivity contribution in [3.05, 3.63) is 9.66 Å². The van der Waals surface area contributed by atoms with Gasteiger partial charge in [0.2, 0.25) is 0 Å². The second-order valence-electron chi connectivity index (χ2n) is 3.82. The lowest BCUT2D eigenvalue weighted by molar-refractivity contribution is -0.341. The molecule has 0 fully saturated rings. The van der Waals surface area contributed by atoms with Crippen molar-refractivity contribution in [2.24, 2.45) is 0 Å². The zero-order valence-electron chi connectivity index (χ0n) is 9.58. The Kier molecular flexibility index (Phi) is 7.07. The van der Waals surface area contributed by atoms with Crippen molar-refractivity contribution in [1.29, 1.82) is 0 Å². The number of alkyl halides is 7. The molecule has 0 aromatic rings. The molecule has 0 unspecified atom stereocenters. The highest BCUT2D eigenvalue weighted by Crippen LogP contribution is 2.48. The van der Waals surface area contributed by atoms with E-state index in [4.69, 9.17) is 5.11 Å². The minimum Gasteiger partial charge on any atom is -0.396 e. The van der Waals surface area contributed by atoms with E-state index in [9.17, 15) is 30.7 Å². The average molecular weight is 408 g/mol. The van der Waals surface area contributed by atoms with Gasteiger partial charge in [-0.3, -0.25) is 0 Å². The van der Waals surface area contributed by atoms with Gasteiger partial charge in [-0.05, 0) is 45.4 Å². The molecular weight excluding hydrogens is 396 g/mol. The van der Waals surface area contributed by atoms with Crippen LogP contribution in [0.5, 0.6) is 0 Å². The second-order valence-corrected chi connectivity index (χ2v) is 5.21. The first-order valence-electron chi connectivity index (χ1n) is 5.26. The number of rotatable bonds is 7. The molecule has 0 heterocycles. The first kappa shape index (κ1) is 18.9. The molecule has 0 spiro atoms. The molecule has 9 heteroatoms. The van der Waals surface area contributed by atoms with Crippen LogP contribution >= 0.6 is 22.6 Å². The van der Waals surface area contributed by atoms with Crippen LogP contribution in [-0.2, 0) is 0 Å². The van der Waals surface area contributed by atoms with Crippen LogP contribution in [0.1, 0.15) is 25.7 Å². The van der Waals surface area contributed by atoms with Crippen LogP contribution in [0.3, 0.4) is 0 Å². The Labute approximate surface area is 119 Å². The molecule has 0 rings (SSSR count). The van der Waals surface area contributed by atoms with Crippen LogP contribution in [0.2, 0.25) is 0 Å². The lowest BCUT2D eigenvalue weighted by Gasteiger charge is -2.26. The van der Waals surface area contributed by atoms with Crippen molar-refractivity contribution in [1.82, 2.24) is 0 Å². The van der Waals surface area contributed by atoms with E-state index in [2.05, 4.69) is 0 Å². The maximum Gasteiger partial charge on any atom is 0.460 e. The van der Waals surface area contributed by atoms with Gasteiger partial charge in [0.1, 0.15) is 0 Å². The molecule has 1 nitrogen and oxygen atoms in total. The summed E-state index contributed by atoms with van der Waals surface area (Å²) >= 11 is 1.30. The molecule has 0 atom stereocenters. The van der Waals surface area contributed by atoms with Crippen LogP contribution in [0, 0.1) is 0 Å². The monoisotopic (exact) mass is 408 g/mol. The van der Waals surface area contributed by atoms with Crippen molar-refractivity contribution >= 4 is 22.6 Å². The first-order valence-corrected chi connectivity index (χ1v) is 6.34. The Morgan fingerprint density at radius 1 is 0.947 bits per heavy atom. The summed E-state index contributed by atoms with van der Waals surface area (Å²) in [6, 6.07) is 0. The molecule has 0 amide bonds. The topological polar surface area (TPSA) is 20.2 Å². The quantitative estimate of drug-likeness (QED) is 0.368. The fourth-order valence-corrected chi connectivity index (χ4v) is 1.90. The van der Waals surface area contributed by atoms with E-state index in [1.54, 1.807) is 0 Å². The van der Waals surface area contributed by atoms with Crippen molar-refractivity contribution in [3.63, 3.8) is 0 Å². The van der Waals surface area contributed by atoms with Crippen LogP contribution in [0.15, 0.2) is 9.66 Å². The molecule has 0 aliphatic heterocycles. The number of aliphatic hydroxyl groups excluding tert-OH is 1. The van der Waals surface area contributed by atoms with Crippen LogP contribution < -0.4 is 0 Å². The van der Waals surface area contributed by atoms with Crippen molar-refractivity contribution in [2.75, 3.05) is 6.61 Å². The van der Waals surface area contributed by atoms with E-state index in [1.165, 1.54) is 22.6 Å². The fraction of sp³-hybridized carbons (Fsp3) is 0.800. The Hall–Kier alpha value is -0.0600.